The third-order valence-electron chi connectivity index (χ3n) is 2.43. The molecule has 1 amide bonds. The first-order chi connectivity index (χ1) is 8.78. The molecule has 0 radical (unpaired) electrons. The predicted molar refractivity (Wildman–Crippen MR) is 79.8 cm³/mol. The molecule has 0 N–H and O–H groups in total. The summed E-state index contributed by atoms with van der Waals surface area (Å²) in [5.74, 6) is -0.229. The zero-order valence-corrected chi connectivity index (χ0v) is 14.3. The van der Waals surface area contributed by atoms with Gasteiger partial charge in [0, 0.05) is 20.6 Å². The second-order valence-electron chi connectivity index (χ2n) is 4.19. The molecule has 108 valence electrons. The van der Waals surface area contributed by atoms with Crippen LogP contribution in [0.1, 0.15) is 13.3 Å². The van der Waals surface area contributed by atoms with Crippen molar-refractivity contribution in [2.75, 3.05) is 27.2 Å². The van der Waals surface area contributed by atoms with Crippen molar-refractivity contribution in [1.82, 2.24) is 9.21 Å². The van der Waals surface area contributed by atoms with Crippen molar-refractivity contribution in [2.24, 2.45) is 0 Å². The smallest absolute Gasteiger partial charge is 0.253 e. The predicted octanol–water partition coefficient (Wildman–Crippen LogP) is 2.00. The molecule has 8 heteroatoms. The van der Waals surface area contributed by atoms with E-state index in [1.807, 2.05) is 6.92 Å². The maximum atomic E-state index is 12.4. The molecule has 0 aromatic carbocycles. The number of carbonyl (C=O) groups is 1. The van der Waals surface area contributed by atoms with Crippen LogP contribution < -0.4 is 0 Å². The Kier molecular flexibility index (Phi) is 5.97. The Labute approximate surface area is 126 Å². The van der Waals surface area contributed by atoms with Crippen LogP contribution in [0.5, 0.6) is 0 Å². The fraction of sp³-hybridized carbons (Fsp3) is 0.545. The molecule has 1 aromatic heterocycles. The molecule has 1 aromatic rings. The van der Waals surface area contributed by atoms with Gasteiger partial charge in [0.05, 0.1) is 10.3 Å². The standard InChI is InChI=1S/C11H17BrN2O3S2/c1-4-7-14(8-10(15)13(2)3)19(16,17)11-6-5-9(12)18-11/h5-6H,4,7-8H2,1-3H3. The molecule has 19 heavy (non-hydrogen) atoms. The van der Waals surface area contributed by atoms with Crippen molar-refractivity contribution in [3.8, 4) is 0 Å². The van der Waals surface area contributed by atoms with Gasteiger partial charge in [0.1, 0.15) is 4.21 Å². The van der Waals surface area contributed by atoms with Crippen molar-refractivity contribution >= 4 is 43.2 Å². The molecule has 0 atom stereocenters. The van der Waals surface area contributed by atoms with Crippen molar-refractivity contribution in [3.05, 3.63) is 15.9 Å². The molecule has 0 spiro atoms. The summed E-state index contributed by atoms with van der Waals surface area (Å²) < 4.78 is 27.1. The minimum absolute atomic E-state index is 0.126. The van der Waals surface area contributed by atoms with Gasteiger partial charge < -0.3 is 4.90 Å². The molecule has 0 saturated heterocycles. The normalized spacial score (nSPS) is 11.8. The Balaban J connectivity index is 3.01. The van der Waals surface area contributed by atoms with Crippen molar-refractivity contribution < 1.29 is 13.2 Å². The maximum Gasteiger partial charge on any atom is 0.253 e. The number of hydrogen-bond donors (Lipinski definition) is 0. The molecule has 0 saturated carbocycles. The molecule has 0 unspecified atom stereocenters. The number of sulfonamides is 1. The van der Waals surface area contributed by atoms with E-state index in [1.54, 1.807) is 26.2 Å². The van der Waals surface area contributed by atoms with Gasteiger partial charge in [-0.25, -0.2) is 8.42 Å². The zero-order valence-electron chi connectivity index (χ0n) is 11.1. The van der Waals surface area contributed by atoms with Crippen LogP contribution in [0, 0.1) is 0 Å². The van der Waals surface area contributed by atoms with E-state index < -0.39 is 10.0 Å². The van der Waals surface area contributed by atoms with E-state index in [0.29, 0.717) is 13.0 Å². The van der Waals surface area contributed by atoms with Gasteiger partial charge in [-0.1, -0.05) is 6.92 Å². The molecule has 0 aliphatic rings. The van der Waals surface area contributed by atoms with Gasteiger partial charge in [-0.05, 0) is 34.5 Å². The van der Waals surface area contributed by atoms with E-state index in [2.05, 4.69) is 15.9 Å². The molecular formula is C11H17BrN2O3S2. The fourth-order valence-corrected chi connectivity index (χ4v) is 5.04. The lowest BCUT2D eigenvalue weighted by atomic mass is 10.4. The summed E-state index contributed by atoms with van der Waals surface area (Å²) >= 11 is 4.39. The number of amides is 1. The fourth-order valence-electron chi connectivity index (χ4n) is 1.39. The van der Waals surface area contributed by atoms with Crippen LogP contribution in [-0.4, -0.2) is 50.7 Å². The largest absolute Gasteiger partial charge is 0.348 e. The monoisotopic (exact) mass is 368 g/mol. The molecule has 1 rings (SSSR count). The van der Waals surface area contributed by atoms with Gasteiger partial charge in [0.25, 0.3) is 10.0 Å². The first-order valence-corrected chi connectivity index (χ1v) is 8.79. The van der Waals surface area contributed by atoms with E-state index in [0.717, 1.165) is 15.1 Å². The molecular weight excluding hydrogens is 352 g/mol. The second kappa shape index (κ2) is 6.83. The summed E-state index contributed by atoms with van der Waals surface area (Å²) in [5.41, 5.74) is 0. The van der Waals surface area contributed by atoms with Crippen LogP contribution in [-0.2, 0) is 14.8 Å². The van der Waals surface area contributed by atoms with E-state index in [1.165, 1.54) is 9.21 Å². The van der Waals surface area contributed by atoms with Crippen molar-refractivity contribution in [1.29, 1.82) is 0 Å². The SMILES string of the molecule is CCCN(CC(=O)N(C)C)S(=O)(=O)c1ccc(Br)s1. The third kappa shape index (κ3) is 4.27. The zero-order chi connectivity index (χ0) is 14.6. The highest BCUT2D eigenvalue weighted by Gasteiger charge is 2.27. The van der Waals surface area contributed by atoms with Crippen LogP contribution >= 0.6 is 27.3 Å². The lowest BCUT2D eigenvalue weighted by Crippen LogP contribution is -2.40. The van der Waals surface area contributed by atoms with Crippen LogP contribution in [0.2, 0.25) is 0 Å². The molecule has 5 nitrogen and oxygen atoms in total. The third-order valence-corrected chi connectivity index (χ3v) is 6.36. The molecule has 0 bridgehead atoms. The summed E-state index contributed by atoms with van der Waals surface area (Å²) in [7, 11) is -0.373. The number of halogens is 1. The number of rotatable bonds is 6. The Bertz CT molecular complexity index is 540. The van der Waals surface area contributed by atoms with E-state index >= 15 is 0 Å². The molecule has 0 aliphatic carbocycles. The minimum atomic E-state index is -3.60. The van der Waals surface area contributed by atoms with Crippen LogP contribution in [0.3, 0.4) is 0 Å². The maximum absolute atomic E-state index is 12.4. The summed E-state index contributed by atoms with van der Waals surface area (Å²) in [6.07, 6.45) is 0.659. The molecule has 0 fully saturated rings. The van der Waals surface area contributed by atoms with Gasteiger partial charge in [-0.3, -0.25) is 4.79 Å². The van der Waals surface area contributed by atoms with Crippen LogP contribution in [0.15, 0.2) is 20.1 Å². The van der Waals surface area contributed by atoms with Gasteiger partial charge in [-0.2, -0.15) is 4.31 Å². The Hall–Kier alpha value is -0.440. The van der Waals surface area contributed by atoms with Crippen molar-refractivity contribution in [3.63, 3.8) is 0 Å². The first kappa shape index (κ1) is 16.6. The second-order valence-corrected chi connectivity index (χ2v) is 8.81. The number of likely N-dealkylation sites (N-methyl/N-ethyl adjacent to an activating group) is 1. The Morgan fingerprint density at radius 1 is 1.37 bits per heavy atom. The lowest BCUT2D eigenvalue weighted by Gasteiger charge is -2.22. The number of nitrogens with zero attached hydrogens (tertiary/aromatic N) is 2. The highest BCUT2D eigenvalue weighted by molar-refractivity contribution is 9.11. The highest BCUT2D eigenvalue weighted by Crippen LogP contribution is 2.28. The van der Waals surface area contributed by atoms with E-state index in [-0.39, 0.29) is 16.7 Å². The van der Waals surface area contributed by atoms with Crippen LogP contribution in [0.25, 0.3) is 0 Å². The van der Waals surface area contributed by atoms with Gasteiger partial charge in [-0.15, -0.1) is 11.3 Å². The topological polar surface area (TPSA) is 57.7 Å². The van der Waals surface area contributed by atoms with E-state index in [9.17, 15) is 13.2 Å². The molecule has 1 heterocycles. The number of hydrogen-bond acceptors (Lipinski definition) is 4. The lowest BCUT2D eigenvalue weighted by molar-refractivity contribution is -0.128. The highest BCUT2D eigenvalue weighted by atomic mass is 79.9. The van der Waals surface area contributed by atoms with Gasteiger partial charge in [0.2, 0.25) is 5.91 Å². The summed E-state index contributed by atoms with van der Waals surface area (Å²) in [4.78, 5) is 13.1. The molecule has 0 aliphatic heterocycles. The van der Waals surface area contributed by atoms with Crippen molar-refractivity contribution in [2.45, 2.75) is 17.6 Å². The summed E-state index contributed by atoms with van der Waals surface area (Å²) in [6, 6.07) is 3.24. The first-order valence-electron chi connectivity index (χ1n) is 5.74. The average molecular weight is 369 g/mol. The summed E-state index contributed by atoms with van der Waals surface area (Å²) in [5, 5.41) is 0. The average Bonchev–Trinajstić information content (AvgIpc) is 2.75. The number of thiophene rings is 1. The van der Waals surface area contributed by atoms with Crippen LogP contribution in [0.4, 0.5) is 0 Å². The van der Waals surface area contributed by atoms with E-state index in [4.69, 9.17) is 0 Å². The summed E-state index contributed by atoms with van der Waals surface area (Å²) in [6.45, 7) is 2.09. The Morgan fingerprint density at radius 2 is 2.00 bits per heavy atom. The Morgan fingerprint density at radius 3 is 2.42 bits per heavy atom. The van der Waals surface area contributed by atoms with Gasteiger partial charge in [0.15, 0.2) is 0 Å². The van der Waals surface area contributed by atoms with Gasteiger partial charge >= 0.3 is 0 Å². The number of carbonyl (C=O) groups excluding carboxylic acids is 1. The minimum Gasteiger partial charge on any atom is -0.348 e. The quantitative estimate of drug-likeness (QED) is 0.771.